The second-order valence-electron chi connectivity index (χ2n) is 6.74. The molecule has 0 atom stereocenters. The summed E-state index contributed by atoms with van der Waals surface area (Å²) in [6.07, 6.45) is 14.8. The molecule has 0 aromatic heterocycles. The summed E-state index contributed by atoms with van der Waals surface area (Å²) in [5.74, 6) is -1.16. The van der Waals surface area contributed by atoms with Gasteiger partial charge in [-0.3, -0.25) is 0 Å². The number of rotatable bonds is 5. The molecular weight excluding hydrogens is 295 g/mol. The second-order valence-corrected chi connectivity index (χ2v) is 6.74. The summed E-state index contributed by atoms with van der Waals surface area (Å²) in [4.78, 5) is 10.4. The maximum Gasteiger partial charge on any atom is 1.00 e. The van der Waals surface area contributed by atoms with Crippen LogP contribution in [0.1, 0.15) is 53.9 Å². The number of carbonyl (C=O) groups excluding carboxylic acids is 1. The van der Waals surface area contributed by atoms with E-state index < -0.39 is 5.97 Å². The van der Waals surface area contributed by atoms with Crippen LogP contribution < -0.4 is 34.7 Å². The van der Waals surface area contributed by atoms with Crippen LogP contribution in [0, 0.1) is 5.41 Å². The van der Waals surface area contributed by atoms with E-state index in [9.17, 15) is 9.90 Å². The van der Waals surface area contributed by atoms with Gasteiger partial charge in [0, 0.05) is 0 Å². The Hall–Kier alpha value is -0.830. The minimum atomic E-state index is -1.16. The van der Waals surface area contributed by atoms with Crippen LogP contribution in [0.3, 0.4) is 0 Å². The van der Waals surface area contributed by atoms with Crippen molar-refractivity contribution in [3.63, 3.8) is 0 Å². The van der Waals surface area contributed by atoms with Crippen LogP contribution in [0.15, 0.2) is 58.7 Å². The van der Waals surface area contributed by atoms with Gasteiger partial charge in [0.25, 0.3) is 0 Å². The molecule has 1 aliphatic rings. The van der Waals surface area contributed by atoms with Crippen molar-refractivity contribution in [1.82, 2.24) is 0 Å². The van der Waals surface area contributed by atoms with Crippen molar-refractivity contribution in [3.05, 3.63) is 58.7 Å². The van der Waals surface area contributed by atoms with Gasteiger partial charge in [0.05, 0.1) is 5.97 Å². The molecule has 1 aliphatic carbocycles. The first kappa shape index (κ1) is 22.2. The predicted molar refractivity (Wildman–Crippen MR) is 91.1 cm³/mol. The van der Waals surface area contributed by atoms with E-state index in [1.807, 2.05) is 19.1 Å². The Morgan fingerprint density at radius 2 is 1.83 bits per heavy atom. The van der Waals surface area contributed by atoms with Gasteiger partial charge in [-0.15, -0.1) is 0 Å². The number of hydrogen-bond acceptors (Lipinski definition) is 2. The molecule has 0 aromatic carbocycles. The minimum Gasteiger partial charge on any atom is -0.545 e. The van der Waals surface area contributed by atoms with E-state index in [0.29, 0.717) is 5.57 Å². The summed E-state index contributed by atoms with van der Waals surface area (Å²) in [7, 11) is 0. The zero-order valence-electron chi connectivity index (χ0n) is 15.4. The van der Waals surface area contributed by atoms with Crippen LogP contribution in [0.4, 0.5) is 0 Å². The van der Waals surface area contributed by atoms with Crippen LogP contribution in [0.5, 0.6) is 0 Å². The average molecular weight is 322 g/mol. The minimum absolute atomic E-state index is 0. The SMILES string of the molecule is CC1=C(/C=C/C(C)=C/C=C/C(C)=C/C(=O)[O-])C(C)(C)CCC1.[Na+]. The second kappa shape index (κ2) is 10.1. The van der Waals surface area contributed by atoms with Crippen LogP contribution in [0.25, 0.3) is 0 Å². The van der Waals surface area contributed by atoms with E-state index in [1.165, 1.54) is 30.4 Å². The zero-order valence-corrected chi connectivity index (χ0v) is 17.4. The molecule has 120 valence electrons. The third-order valence-corrected chi connectivity index (χ3v) is 4.12. The van der Waals surface area contributed by atoms with Crippen molar-refractivity contribution >= 4 is 5.97 Å². The standard InChI is InChI=1S/C20H28O2.Na/c1-15(8-6-9-16(2)14-19(21)22)11-12-18-17(3)10-7-13-20(18,4)5;/h6,8-9,11-12,14H,7,10,13H2,1-5H3,(H,21,22);/q;+1/p-1/b9-6+,12-11+,15-8+,16-14+;. The van der Waals surface area contributed by atoms with E-state index in [1.54, 1.807) is 13.0 Å². The molecular formula is C20H27NaO2. The topological polar surface area (TPSA) is 40.1 Å². The summed E-state index contributed by atoms with van der Waals surface area (Å²) < 4.78 is 0. The average Bonchev–Trinajstić information content (AvgIpc) is 2.36. The molecule has 23 heavy (non-hydrogen) atoms. The molecule has 2 nitrogen and oxygen atoms in total. The molecule has 1 rings (SSSR count). The van der Waals surface area contributed by atoms with Gasteiger partial charge in [-0.25, -0.2) is 0 Å². The Bertz CT molecular complexity index is 572. The molecule has 0 bridgehead atoms. The van der Waals surface area contributed by atoms with Crippen molar-refractivity contribution in [2.75, 3.05) is 0 Å². The van der Waals surface area contributed by atoms with Crippen molar-refractivity contribution in [3.8, 4) is 0 Å². The van der Waals surface area contributed by atoms with Crippen LogP contribution >= 0.6 is 0 Å². The van der Waals surface area contributed by atoms with E-state index in [4.69, 9.17) is 0 Å². The first-order chi connectivity index (χ1) is 10.2. The van der Waals surface area contributed by atoms with E-state index >= 15 is 0 Å². The molecule has 0 unspecified atom stereocenters. The van der Waals surface area contributed by atoms with Gasteiger partial charge in [0.1, 0.15) is 0 Å². The molecule has 0 heterocycles. The number of carboxylic acids is 1. The predicted octanol–water partition coefficient (Wildman–Crippen LogP) is 1.27. The molecule has 0 saturated heterocycles. The Kier molecular flexibility index (Phi) is 9.76. The molecule has 0 radical (unpaired) electrons. The molecule has 0 saturated carbocycles. The van der Waals surface area contributed by atoms with Gasteiger partial charge in [0.15, 0.2) is 0 Å². The first-order valence-corrected chi connectivity index (χ1v) is 7.85. The third-order valence-electron chi connectivity index (χ3n) is 4.12. The van der Waals surface area contributed by atoms with Gasteiger partial charge in [-0.05, 0) is 62.7 Å². The van der Waals surface area contributed by atoms with Crippen LogP contribution in [-0.2, 0) is 4.79 Å². The van der Waals surface area contributed by atoms with Gasteiger partial charge in [0.2, 0.25) is 0 Å². The first-order valence-electron chi connectivity index (χ1n) is 7.85. The van der Waals surface area contributed by atoms with Gasteiger partial charge >= 0.3 is 29.6 Å². The molecule has 0 fully saturated rings. The summed E-state index contributed by atoms with van der Waals surface area (Å²) in [6.45, 7) is 10.6. The fourth-order valence-corrected chi connectivity index (χ4v) is 2.87. The molecule has 0 N–H and O–H groups in total. The van der Waals surface area contributed by atoms with Crippen molar-refractivity contribution in [2.24, 2.45) is 5.41 Å². The molecule has 0 aromatic rings. The van der Waals surface area contributed by atoms with Crippen molar-refractivity contribution < 1.29 is 39.5 Å². The summed E-state index contributed by atoms with van der Waals surface area (Å²) >= 11 is 0. The largest absolute Gasteiger partial charge is 1.00 e. The molecule has 0 aliphatic heterocycles. The van der Waals surface area contributed by atoms with Gasteiger partial charge in [-0.1, -0.05) is 55.4 Å². The smallest absolute Gasteiger partial charge is 0.545 e. The number of allylic oxidation sites excluding steroid dienone is 9. The van der Waals surface area contributed by atoms with Crippen molar-refractivity contribution in [1.29, 1.82) is 0 Å². The summed E-state index contributed by atoms with van der Waals surface area (Å²) in [5, 5.41) is 10.4. The number of carbonyl (C=O) groups is 1. The Morgan fingerprint density at radius 3 is 2.39 bits per heavy atom. The van der Waals surface area contributed by atoms with Crippen LogP contribution in [-0.4, -0.2) is 5.97 Å². The van der Waals surface area contributed by atoms with Gasteiger partial charge in [-0.2, -0.15) is 0 Å². The Morgan fingerprint density at radius 1 is 1.17 bits per heavy atom. The van der Waals surface area contributed by atoms with E-state index in [0.717, 1.165) is 11.6 Å². The fraction of sp³-hybridized carbons (Fsp3) is 0.450. The molecule has 0 spiro atoms. The van der Waals surface area contributed by atoms with Crippen LogP contribution in [0.2, 0.25) is 0 Å². The summed E-state index contributed by atoms with van der Waals surface area (Å²) in [6, 6.07) is 0. The Labute approximate surface area is 163 Å². The number of aliphatic carboxylic acids is 1. The number of carboxylic acid groups (broad SMARTS) is 1. The van der Waals surface area contributed by atoms with E-state index in [2.05, 4.69) is 32.9 Å². The third kappa shape index (κ3) is 8.01. The summed E-state index contributed by atoms with van der Waals surface area (Å²) in [5.41, 5.74) is 4.99. The monoisotopic (exact) mass is 322 g/mol. The molecule has 0 amide bonds. The molecule has 3 heteroatoms. The maximum atomic E-state index is 10.4. The fourth-order valence-electron chi connectivity index (χ4n) is 2.87. The zero-order chi connectivity index (χ0) is 16.8. The quantitative estimate of drug-likeness (QED) is 0.434. The van der Waals surface area contributed by atoms with E-state index in [-0.39, 0.29) is 35.0 Å². The van der Waals surface area contributed by atoms with Gasteiger partial charge < -0.3 is 9.90 Å². The Balaban J connectivity index is 0.00000484. The maximum absolute atomic E-state index is 10.4. The normalized spacial score (nSPS) is 19.3. The number of hydrogen-bond donors (Lipinski definition) is 0. The van der Waals surface area contributed by atoms with Crippen molar-refractivity contribution in [2.45, 2.75) is 53.9 Å².